The summed E-state index contributed by atoms with van der Waals surface area (Å²) >= 11 is 2.00. The molecule has 3 rings (SSSR count). The Balaban J connectivity index is 1.50. The van der Waals surface area contributed by atoms with E-state index in [1.54, 1.807) is 0 Å². The van der Waals surface area contributed by atoms with Gasteiger partial charge in [-0.15, -0.1) is 0 Å². The van der Waals surface area contributed by atoms with E-state index in [-0.39, 0.29) is 0 Å². The van der Waals surface area contributed by atoms with Gasteiger partial charge in [0.25, 0.3) is 0 Å². The summed E-state index contributed by atoms with van der Waals surface area (Å²) < 4.78 is 0. The third-order valence-electron chi connectivity index (χ3n) is 5.33. The second-order valence-electron chi connectivity index (χ2n) is 7.07. The first-order valence-electron chi connectivity index (χ1n) is 8.20. The van der Waals surface area contributed by atoms with Crippen molar-refractivity contribution in [3.63, 3.8) is 0 Å². The SMILES string of the molecule is CC1CCC(NC2=NCC3(CCCCC3)CS2)CC1. The van der Waals surface area contributed by atoms with E-state index < -0.39 is 0 Å². The number of thioether (sulfide) groups is 1. The summed E-state index contributed by atoms with van der Waals surface area (Å²) in [5.41, 5.74) is 0.565. The van der Waals surface area contributed by atoms with Crippen LogP contribution in [-0.4, -0.2) is 23.5 Å². The van der Waals surface area contributed by atoms with E-state index in [9.17, 15) is 0 Å². The van der Waals surface area contributed by atoms with Crippen LogP contribution in [0, 0.1) is 11.3 Å². The third-order valence-corrected chi connectivity index (χ3v) is 6.61. The van der Waals surface area contributed by atoms with Gasteiger partial charge in [-0.2, -0.15) is 0 Å². The minimum absolute atomic E-state index is 0.565. The molecule has 0 atom stereocenters. The first-order chi connectivity index (χ1) is 9.26. The maximum Gasteiger partial charge on any atom is 0.156 e. The van der Waals surface area contributed by atoms with Gasteiger partial charge in [0.15, 0.2) is 5.17 Å². The molecule has 1 N–H and O–H groups in total. The number of rotatable bonds is 1. The highest BCUT2D eigenvalue weighted by Crippen LogP contribution is 2.41. The fraction of sp³-hybridized carbons (Fsp3) is 0.938. The molecule has 0 aromatic heterocycles. The highest BCUT2D eigenvalue weighted by Gasteiger charge is 2.35. The van der Waals surface area contributed by atoms with Gasteiger partial charge in [-0.25, -0.2) is 0 Å². The van der Waals surface area contributed by atoms with Crippen molar-refractivity contribution in [2.45, 2.75) is 70.8 Å². The molecule has 0 aromatic rings. The molecule has 0 unspecified atom stereocenters. The lowest BCUT2D eigenvalue weighted by Gasteiger charge is -2.39. The lowest BCUT2D eigenvalue weighted by atomic mass is 9.75. The van der Waals surface area contributed by atoms with Crippen LogP contribution in [0.25, 0.3) is 0 Å². The Kier molecular flexibility index (Phi) is 4.40. The monoisotopic (exact) mass is 280 g/mol. The number of aliphatic imine (C=N–C) groups is 1. The van der Waals surface area contributed by atoms with Gasteiger partial charge in [0.05, 0.1) is 0 Å². The predicted octanol–water partition coefficient (Wildman–Crippen LogP) is 4.21. The van der Waals surface area contributed by atoms with Crippen LogP contribution in [0.2, 0.25) is 0 Å². The summed E-state index contributed by atoms with van der Waals surface area (Å²) in [6.07, 6.45) is 12.6. The Hall–Kier alpha value is -0.180. The zero-order valence-corrected chi connectivity index (χ0v) is 13.1. The number of hydrogen-bond acceptors (Lipinski definition) is 3. The smallest absolute Gasteiger partial charge is 0.156 e. The quantitative estimate of drug-likeness (QED) is 0.778. The Morgan fingerprint density at radius 2 is 1.84 bits per heavy atom. The molecular weight excluding hydrogens is 252 g/mol. The zero-order valence-electron chi connectivity index (χ0n) is 12.3. The van der Waals surface area contributed by atoms with Gasteiger partial charge in [-0.1, -0.05) is 37.9 Å². The van der Waals surface area contributed by atoms with Crippen molar-refractivity contribution in [3.8, 4) is 0 Å². The summed E-state index contributed by atoms with van der Waals surface area (Å²) in [7, 11) is 0. The summed E-state index contributed by atoms with van der Waals surface area (Å²) in [6, 6.07) is 0.697. The van der Waals surface area contributed by atoms with Crippen LogP contribution in [-0.2, 0) is 0 Å². The summed E-state index contributed by atoms with van der Waals surface area (Å²) in [5, 5.41) is 4.96. The van der Waals surface area contributed by atoms with E-state index in [2.05, 4.69) is 12.2 Å². The first-order valence-corrected chi connectivity index (χ1v) is 9.18. The molecule has 108 valence electrons. The lowest BCUT2D eigenvalue weighted by Crippen LogP contribution is -2.41. The third kappa shape index (κ3) is 3.48. The normalized spacial score (nSPS) is 34.9. The Morgan fingerprint density at radius 1 is 1.11 bits per heavy atom. The molecule has 19 heavy (non-hydrogen) atoms. The lowest BCUT2D eigenvalue weighted by molar-refractivity contribution is 0.232. The maximum absolute atomic E-state index is 4.89. The molecule has 0 amide bonds. The topological polar surface area (TPSA) is 24.4 Å². The van der Waals surface area contributed by atoms with Crippen LogP contribution in [0.4, 0.5) is 0 Å². The summed E-state index contributed by atoms with van der Waals surface area (Å²) in [6.45, 7) is 3.47. The van der Waals surface area contributed by atoms with Crippen LogP contribution in [0.5, 0.6) is 0 Å². The van der Waals surface area contributed by atoms with E-state index in [0.29, 0.717) is 11.5 Å². The molecule has 0 bridgehead atoms. The van der Waals surface area contributed by atoms with E-state index in [1.165, 1.54) is 68.7 Å². The average molecular weight is 280 g/mol. The zero-order chi connectivity index (χ0) is 13.1. The first kappa shape index (κ1) is 13.8. The maximum atomic E-state index is 4.89. The molecule has 0 saturated heterocycles. The molecule has 2 aliphatic carbocycles. The molecule has 1 spiro atoms. The number of hydrogen-bond donors (Lipinski definition) is 1. The fourth-order valence-corrected chi connectivity index (χ4v) is 5.05. The van der Waals surface area contributed by atoms with Crippen molar-refractivity contribution in [1.82, 2.24) is 5.32 Å². The van der Waals surface area contributed by atoms with Crippen molar-refractivity contribution in [1.29, 1.82) is 0 Å². The van der Waals surface area contributed by atoms with Gasteiger partial charge in [-0.3, -0.25) is 4.99 Å². The minimum atomic E-state index is 0.565. The van der Waals surface area contributed by atoms with Gasteiger partial charge in [0, 0.05) is 18.3 Å². The Labute approximate surface area is 122 Å². The van der Waals surface area contributed by atoms with Crippen molar-refractivity contribution in [2.24, 2.45) is 16.3 Å². The molecule has 1 heterocycles. The number of nitrogens with one attached hydrogen (secondary N) is 1. The minimum Gasteiger partial charge on any atom is -0.362 e. The highest BCUT2D eigenvalue weighted by atomic mass is 32.2. The van der Waals surface area contributed by atoms with E-state index in [4.69, 9.17) is 4.99 Å². The fourth-order valence-electron chi connectivity index (χ4n) is 3.82. The van der Waals surface area contributed by atoms with Crippen LogP contribution < -0.4 is 5.32 Å². The summed E-state index contributed by atoms with van der Waals surface area (Å²) in [5.74, 6) is 2.24. The van der Waals surface area contributed by atoms with Gasteiger partial charge >= 0.3 is 0 Å². The highest BCUT2D eigenvalue weighted by molar-refractivity contribution is 8.13. The largest absolute Gasteiger partial charge is 0.362 e. The molecule has 3 aliphatic rings. The predicted molar refractivity (Wildman–Crippen MR) is 84.8 cm³/mol. The molecule has 2 fully saturated rings. The summed E-state index contributed by atoms with van der Waals surface area (Å²) in [4.78, 5) is 4.89. The van der Waals surface area contributed by atoms with Crippen molar-refractivity contribution in [3.05, 3.63) is 0 Å². The Bertz CT molecular complexity index is 326. The number of nitrogens with zero attached hydrogens (tertiary/aromatic N) is 1. The van der Waals surface area contributed by atoms with Crippen molar-refractivity contribution >= 4 is 16.9 Å². The molecule has 1 aliphatic heterocycles. The molecule has 0 aromatic carbocycles. The van der Waals surface area contributed by atoms with Gasteiger partial charge in [0.1, 0.15) is 0 Å². The van der Waals surface area contributed by atoms with E-state index >= 15 is 0 Å². The second kappa shape index (κ2) is 6.07. The molecule has 3 heteroatoms. The Morgan fingerprint density at radius 3 is 2.47 bits per heavy atom. The average Bonchev–Trinajstić information content (AvgIpc) is 2.45. The van der Waals surface area contributed by atoms with Crippen molar-refractivity contribution in [2.75, 3.05) is 12.3 Å². The van der Waals surface area contributed by atoms with Crippen LogP contribution in [0.3, 0.4) is 0 Å². The van der Waals surface area contributed by atoms with Crippen LogP contribution in [0.1, 0.15) is 64.7 Å². The standard InChI is InChI=1S/C16H28N2S/c1-13-5-7-14(8-6-13)18-15-17-11-16(12-19-15)9-3-2-4-10-16/h13-14H,2-12H2,1H3,(H,17,18). The van der Waals surface area contributed by atoms with E-state index in [0.717, 1.165) is 12.5 Å². The van der Waals surface area contributed by atoms with Gasteiger partial charge in [0.2, 0.25) is 0 Å². The van der Waals surface area contributed by atoms with Crippen LogP contribution >= 0.6 is 11.8 Å². The second-order valence-corrected chi connectivity index (χ2v) is 8.04. The van der Waals surface area contributed by atoms with Crippen LogP contribution in [0.15, 0.2) is 4.99 Å². The van der Waals surface area contributed by atoms with E-state index in [1.807, 2.05) is 11.8 Å². The van der Waals surface area contributed by atoms with Gasteiger partial charge in [-0.05, 0) is 49.9 Å². The number of amidine groups is 1. The van der Waals surface area contributed by atoms with Crippen molar-refractivity contribution < 1.29 is 0 Å². The molecular formula is C16H28N2S. The molecule has 0 radical (unpaired) electrons. The van der Waals surface area contributed by atoms with Gasteiger partial charge < -0.3 is 5.32 Å². The molecule has 2 nitrogen and oxygen atoms in total. The molecule has 2 saturated carbocycles.